The van der Waals surface area contributed by atoms with E-state index in [-0.39, 0.29) is 22.4 Å². The Morgan fingerprint density at radius 1 is 1.06 bits per heavy atom. The highest BCUT2D eigenvalue weighted by atomic mass is 32.2. The maximum absolute atomic E-state index is 13.1. The van der Waals surface area contributed by atoms with Crippen LogP contribution in [0.4, 0.5) is 0 Å². The standard InChI is InChI=1S/C23H30N2O5S/c1-15-12-17(3)20(13-16(15)2)18(4)24-23(26)21-14-19(6-7-22(21)29-5)31(27,28)25-8-10-30-11-9-25/h6-7,12-14,18H,8-11H2,1-5H3,(H,24,26)/t18-/m1/s1. The van der Waals surface area contributed by atoms with E-state index in [1.165, 1.54) is 35.2 Å². The molecule has 1 heterocycles. The molecular formula is C23H30N2O5S. The Balaban J connectivity index is 1.90. The van der Waals surface area contributed by atoms with Gasteiger partial charge in [-0.15, -0.1) is 0 Å². The Kier molecular flexibility index (Phi) is 7.03. The van der Waals surface area contributed by atoms with Gasteiger partial charge < -0.3 is 14.8 Å². The van der Waals surface area contributed by atoms with Crippen LogP contribution in [0.3, 0.4) is 0 Å². The van der Waals surface area contributed by atoms with Gasteiger partial charge in [-0.2, -0.15) is 4.31 Å². The monoisotopic (exact) mass is 446 g/mol. The minimum Gasteiger partial charge on any atom is -0.496 e. The number of carbonyl (C=O) groups excluding carboxylic acids is 1. The summed E-state index contributed by atoms with van der Waals surface area (Å²) in [4.78, 5) is 13.2. The summed E-state index contributed by atoms with van der Waals surface area (Å²) < 4.78 is 38.0. The number of hydrogen-bond acceptors (Lipinski definition) is 5. The number of aryl methyl sites for hydroxylation is 3. The zero-order valence-corrected chi connectivity index (χ0v) is 19.5. The highest BCUT2D eigenvalue weighted by molar-refractivity contribution is 7.89. The third kappa shape index (κ3) is 4.92. The number of ether oxygens (including phenoxy) is 2. The highest BCUT2D eigenvalue weighted by Gasteiger charge is 2.28. The largest absolute Gasteiger partial charge is 0.496 e. The number of rotatable bonds is 6. The van der Waals surface area contributed by atoms with Gasteiger partial charge in [0.05, 0.1) is 36.8 Å². The van der Waals surface area contributed by atoms with E-state index in [0.717, 1.165) is 16.7 Å². The molecule has 1 saturated heterocycles. The summed E-state index contributed by atoms with van der Waals surface area (Å²) in [5, 5.41) is 2.99. The molecule has 0 unspecified atom stereocenters. The summed E-state index contributed by atoms with van der Waals surface area (Å²) in [7, 11) is -2.27. The number of amides is 1. The number of nitrogens with zero attached hydrogens (tertiary/aromatic N) is 1. The van der Waals surface area contributed by atoms with E-state index in [1.54, 1.807) is 0 Å². The van der Waals surface area contributed by atoms with Crippen LogP contribution in [0.5, 0.6) is 5.75 Å². The van der Waals surface area contributed by atoms with Gasteiger partial charge in [0.1, 0.15) is 5.75 Å². The summed E-state index contributed by atoms with van der Waals surface area (Å²) in [5.74, 6) is -0.0663. The lowest BCUT2D eigenvalue weighted by atomic mass is 9.96. The third-order valence-corrected chi connectivity index (χ3v) is 7.61. The summed E-state index contributed by atoms with van der Waals surface area (Å²) >= 11 is 0. The predicted octanol–water partition coefficient (Wildman–Crippen LogP) is 3.13. The minimum absolute atomic E-state index is 0.0652. The van der Waals surface area contributed by atoms with Crippen molar-refractivity contribution in [2.45, 2.75) is 38.6 Å². The van der Waals surface area contributed by atoms with Crippen LogP contribution in [-0.2, 0) is 14.8 Å². The second kappa shape index (κ2) is 9.38. The van der Waals surface area contributed by atoms with Crippen LogP contribution in [0.15, 0.2) is 35.2 Å². The predicted molar refractivity (Wildman–Crippen MR) is 119 cm³/mol. The molecule has 168 valence electrons. The lowest BCUT2D eigenvalue weighted by Gasteiger charge is -2.26. The van der Waals surface area contributed by atoms with Gasteiger partial charge in [0, 0.05) is 13.1 Å². The molecule has 3 rings (SSSR count). The van der Waals surface area contributed by atoms with Crippen molar-refractivity contribution in [3.63, 3.8) is 0 Å². The van der Waals surface area contributed by atoms with Crippen LogP contribution < -0.4 is 10.1 Å². The first kappa shape index (κ1) is 23.2. The van der Waals surface area contributed by atoms with E-state index in [4.69, 9.17) is 9.47 Å². The maximum Gasteiger partial charge on any atom is 0.255 e. The van der Waals surface area contributed by atoms with Gasteiger partial charge >= 0.3 is 0 Å². The first-order chi connectivity index (χ1) is 14.6. The Hall–Kier alpha value is -2.42. The van der Waals surface area contributed by atoms with Gasteiger partial charge in [-0.25, -0.2) is 8.42 Å². The normalized spacial score (nSPS) is 16.0. The zero-order chi connectivity index (χ0) is 22.8. The lowest BCUT2D eigenvalue weighted by molar-refractivity contribution is 0.0730. The molecule has 1 N–H and O–H groups in total. The van der Waals surface area contributed by atoms with Gasteiger partial charge in [0.2, 0.25) is 10.0 Å². The van der Waals surface area contributed by atoms with Crippen molar-refractivity contribution in [3.8, 4) is 5.75 Å². The molecule has 1 amide bonds. The second-order valence-corrected chi connectivity index (χ2v) is 9.80. The average molecular weight is 447 g/mol. The molecule has 0 bridgehead atoms. The summed E-state index contributed by atoms with van der Waals surface area (Å²) in [6.45, 7) is 9.32. The summed E-state index contributed by atoms with van der Waals surface area (Å²) in [5.41, 5.74) is 4.64. The fourth-order valence-electron chi connectivity index (χ4n) is 3.76. The van der Waals surface area contributed by atoms with Crippen molar-refractivity contribution in [3.05, 3.63) is 58.1 Å². The van der Waals surface area contributed by atoms with Crippen LogP contribution >= 0.6 is 0 Å². The molecule has 0 aliphatic carbocycles. The molecule has 7 nitrogen and oxygen atoms in total. The van der Waals surface area contributed by atoms with Crippen molar-refractivity contribution in [2.75, 3.05) is 33.4 Å². The van der Waals surface area contributed by atoms with E-state index < -0.39 is 10.0 Å². The number of carbonyl (C=O) groups is 1. The number of nitrogens with one attached hydrogen (secondary N) is 1. The molecular weight excluding hydrogens is 416 g/mol. The molecule has 1 atom stereocenters. The van der Waals surface area contributed by atoms with Crippen LogP contribution in [0.1, 0.15) is 45.6 Å². The molecule has 0 radical (unpaired) electrons. The Bertz CT molecular complexity index is 1080. The second-order valence-electron chi connectivity index (χ2n) is 7.87. The van der Waals surface area contributed by atoms with Crippen LogP contribution in [0.2, 0.25) is 0 Å². The number of sulfonamides is 1. The van der Waals surface area contributed by atoms with Crippen molar-refractivity contribution >= 4 is 15.9 Å². The van der Waals surface area contributed by atoms with Crippen LogP contribution in [0.25, 0.3) is 0 Å². The van der Waals surface area contributed by atoms with Crippen LogP contribution in [0, 0.1) is 20.8 Å². The van der Waals surface area contributed by atoms with Crippen molar-refractivity contribution in [1.82, 2.24) is 9.62 Å². The smallest absolute Gasteiger partial charge is 0.255 e. The van der Waals surface area contributed by atoms with Crippen molar-refractivity contribution < 1.29 is 22.7 Å². The first-order valence-electron chi connectivity index (χ1n) is 10.3. The molecule has 2 aromatic carbocycles. The molecule has 0 spiro atoms. The maximum atomic E-state index is 13.1. The van der Waals surface area contributed by atoms with E-state index in [2.05, 4.69) is 24.4 Å². The summed E-state index contributed by atoms with van der Waals surface area (Å²) in [6.07, 6.45) is 0. The van der Waals surface area contributed by atoms with Gasteiger partial charge in [0.25, 0.3) is 5.91 Å². The summed E-state index contributed by atoms with van der Waals surface area (Å²) in [6, 6.07) is 8.30. The van der Waals surface area contributed by atoms with Gasteiger partial charge in [-0.1, -0.05) is 12.1 Å². The Morgan fingerprint density at radius 2 is 1.71 bits per heavy atom. The average Bonchev–Trinajstić information content (AvgIpc) is 2.76. The number of methoxy groups -OCH3 is 1. The lowest BCUT2D eigenvalue weighted by Crippen LogP contribution is -2.40. The Labute approximate surface area is 184 Å². The molecule has 8 heteroatoms. The molecule has 0 aromatic heterocycles. The Morgan fingerprint density at radius 3 is 2.35 bits per heavy atom. The van der Waals surface area contributed by atoms with E-state index in [9.17, 15) is 13.2 Å². The zero-order valence-electron chi connectivity index (χ0n) is 18.7. The van der Waals surface area contributed by atoms with E-state index in [0.29, 0.717) is 32.1 Å². The fourth-order valence-corrected chi connectivity index (χ4v) is 5.20. The molecule has 2 aromatic rings. The molecule has 1 fully saturated rings. The topological polar surface area (TPSA) is 84.9 Å². The first-order valence-corrected chi connectivity index (χ1v) is 11.7. The number of morpholine rings is 1. The molecule has 1 aliphatic rings. The van der Waals surface area contributed by atoms with Gasteiger partial charge in [-0.05, 0) is 68.1 Å². The SMILES string of the molecule is COc1ccc(S(=O)(=O)N2CCOCC2)cc1C(=O)N[C@H](C)c1cc(C)c(C)cc1C. The third-order valence-electron chi connectivity index (χ3n) is 5.72. The fraction of sp³-hybridized carbons (Fsp3) is 0.435. The van der Waals surface area contributed by atoms with Crippen LogP contribution in [-0.4, -0.2) is 52.0 Å². The van der Waals surface area contributed by atoms with Gasteiger partial charge in [-0.3, -0.25) is 4.79 Å². The molecule has 31 heavy (non-hydrogen) atoms. The quantitative estimate of drug-likeness (QED) is 0.737. The number of hydrogen-bond donors (Lipinski definition) is 1. The molecule has 0 saturated carbocycles. The van der Waals surface area contributed by atoms with Crippen molar-refractivity contribution in [1.29, 1.82) is 0 Å². The van der Waals surface area contributed by atoms with E-state index >= 15 is 0 Å². The van der Waals surface area contributed by atoms with E-state index in [1.807, 2.05) is 20.8 Å². The van der Waals surface area contributed by atoms with Gasteiger partial charge in [0.15, 0.2) is 0 Å². The minimum atomic E-state index is -3.72. The highest BCUT2D eigenvalue weighted by Crippen LogP contribution is 2.27. The molecule has 1 aliphatic heterocycles. The van der Waals surface area contributed by atoms with Crippen molar-refractivity contribution in [2.24, 2.45) is 0 Å². The number of benzene rings is 2.